The molecule has 1 saturated carbocycles. The summed E-state index contributed by atoms with van der Waals surface area (Å²) in [5.41, 5.74) is 4.36. The van der Waals surface area contributed by atoms with E-state index >= 15 is 0 Å². The van der Waals surface area contributed by atoms with Gasteiger partial charge in [0.15, 0.2) is 0 Å². The van der Waals surface area contributed by atoms with Gasteiger partial charge in [-0.25, -0.2) is 4.79 Å². The lowest BCUT2D eigenvalue weighted by Gasteiger charge is -2.57. The van der Waals surface area contributed by atoms with Gasteiger partial charge >= 0.3 is 6.03 Å². The summed E-state index contributed by atoms with van der Waals surface area (Å²) in [4.78, 5) is 32.8. The zero-order valence-corrected chi connectivity index (χ0v) is 25.1. The van der Waals surface area contributed by atoms with Crippen LogP contribution in [0.25, 0.3) is 0 Å². The Morgan fingerprint density at radius 3 is 2.38 bits per heavy atom. The second-order valence-corrected chi connectivity index (χ2v) is 13.0. The largest absolute Gasteiger partial charge is 0.333 e. The highest BCUT2D eigenvalue weighted by Crippen LogP contribution is 2.59. The molecule has 6 nitrogen and oxygen atoms in total. The molecule has 6 rings (SSSR count). The molecular formula is C33H43ClN4O2. The van der Waals surface area contributed by atoms with Crippen LogP contribution in [-0.4, -0.2) is 72.5 Å². The third kappa shape index (κ3) is 6.08. The van der Waals surface area contributed by atoms with Crippen LogP contribution in [0.5, 0.6) is 0 Å². The Hall–Kier alpha value is -2.83. The predicted molar refractivity (Wildman–Crippen MR) is 163 cm³/mol. The van der Waals surface area contributed by atoms with Crippen molar-refractivity contribution in [3.8, 4) is 0 Å². The van der Waals surface area contributed by atoms with E-state index in [0.717, 1.165) is 37.7 Å². The molecule has 4 aliphatic rings. The van der Waals surface area contributed by atoms with Crippen molar-refractivity contribution in [3.05, 3.63) is 76.3 Å². The molecule has 3 amide bonds. The molecule has 3 aliphatic carbocycles. The number of allylic oxidation sites excluding steroid dienone is 1. The van der Waals surface area contributed by atoms with Gasteiger partial charge in [-0.2, -0.15) is 0 Å². The van der Waals surface area contributed by atoms with Gasteiger partial charge < -0.3 is 15.1 Å². The second-order valence-electron chi connectivity index (χ2n) is 12.6. The Kier molecular flexibility index (Phi) is 8.58. The number of urea groups is 1. The zero-order chi connectivity index (χ0) is 28.4. The van der Waals surface area contributed by atoms with Gasteiger partial charge in [0.2, 0.25) is 0 Å². The molecule has 0 spiro atoms. The van der Waals surface area contributed by atoms with E-state index in [0.29, 0.717) is 54.0 Å². The molecule has 2 unspecified atom stereocenters. The smallest absolute Gasteiger partial charge is 0.321 e. The number of amides is 3. The normalized spacial score (nSPS) is 21.9. The number of carbonyl (C=O) groups excluding carboxylic acids is 2. The Morgan fingerprint density at radius 2 is 1.75 bits per heavy atom. The number of benzene rings is 2. The summed E-state index contributed by atoms with van der Waals surface area (Å²) in [6.07, 6.45) is 4.72. The van der Waals surface area contributed by atoms with E-state index in [4.69, 9.17) is 11.6 Å². The molecular weight excluding hydrogens is 520 g/mol. The van der Waals surface area contributed by atoms with Crippen LogP contribution in [0.4, 0.5) is 10.5 Å². The van der Waals surface area contributed by atoms with Crippen molar-refractivity contribution >= 4 is 29.2 Å². The highest BCUT2D eigenvalue weighted by molar-refractivity contribution is 6.33. The van der Waals surface area contributed by atoms with Gasteiger partial charge in [-0.15, -0.1) is 0 Å². The van der Waals surface area contributed by atoms with E-state index in [9.17, 15) is 9.59 Å². The molecule has 0 aromatic heterocycles. The number of halogens is 1. The summed E-state index contributed by atoms with van der Waals surface area (Å²) in [5.74, 6) is 1.77. The van der Waals surface area contributed by atoms with Gasteiger partial charge in [0, 0.05) is 51.5 Å². The minimum absolute atomic E-state index is 0.00717. The molecule has 7 heteroatoms. The maximum Gasteiger partial charge on any atom is 0.321 e. The second kappa shape index (κ2) is 12.0. The van der Waals surface area contributed by atoms with Crippen LogP contribution in [0.15, 0.2) is 60.2 Å². The van der Waals surface area contributed by atoms with Crippen molar-refractivity contribution in [2.75, 3.05) is 51.1 Å². The first kappa shape index (κ1) is 28.7. The molecule has 1 N–H and O–H groups in total. The molecule has 214 valence electrons. The van der Waals surface area contributed by atoms with E-state index in [-0.39, 0.29) is 11.9 Å². The summed E-state index contributed by atoms with van der Waals surface area (Å²) < 4.78 is 0. The molecule has 1 saturated heterocycles. The van der Waals surface area contributed by atoms with Gasteiger partial charge in [0.25, 0.3) is 5.91 Å². The zero-order valence-electron chi connectivity index (χ0n) is 24.3. The van der Waals surface area contributed by atoms with Gasteiger partial charge in [0.05, 0.1) is 10.6 Å². The van der Waals surface area contributed by atoms with Gasteiger partial charge in [-0.1, -0.05) is 75.2 Å². The number of anilines is 1. The first-order valence-corrected chi connectivity index (χ1v) is 15.1. The standard InChI is InChI=1S/C33H43ClN4O2/c1-23(2)24-10-13-27(14-11-24)35-32(40)37-18-15-36(16-19-37)17-20-38(31(39)28-7-5-6-8-30(28)34)22-25-9-12-26-21-29(25)33(26,3)4/h5-11,13-14,23,26,29H,12,15-22H2,1-4H3,(H,35,40). The van der Waals surface area contributed by atoms with E-state index in [2.05, 4.69) is 56.1 Å². The van der Waals surface area contributed by atoms with Crippen LogP contribution in [0, 0.1) is 17.3 Å². The van der Waals surface area contributed by atoms with Crippen LogP contribution in [0.3, 0.4) is 0 Å². The maximum absolute atomic E-state index is 13.7. The van der Waals surface area contributed by atoms with Crippen LogP contribution in [0.2, 0.25) is 5.02 Å². The van der Waals surface area contributed by atoms with E-state index < -0.39 is 0 Å². The number of rotatable bonds is 8. The summed E-state index contributed by atoms with van der Waals surface area (Å²) >= 11 is 6.45. The number of piperazine rings is 1. The number of hydrogen-bond acceptors (Lipinski definition) is 3. The lowest BCUT2D eigenvalue weighted by molar-refractivity contribution is -0.0105. The number of hydrogen-bond donors (Lipinski definition) is 1. The summed E-state index contributed by atoms with van der Waals surface area (Å²) in [6, 6.07) is 15.4. The minimum Gasteiger partial charge on any atom is -0.333 e. The third-order valence-electron chi connectivity index (χ3n) is 9.52. The van der Waals surface area contributed by atoms with Crippen molar-refractivity contribution in [1.29, 1.82) is 0 Å². The molecule has 2 aromatic carbocycles. The SMILES string of the molecule is CC(C)c1ccc(NC(=O)N2CCN(CCN(CC3=CCC4CC3C4(C)C)C(=O)c3ccccc3Cl)CC2)cc1. The van der Waals surface area contributed by atoms with Gasteiger partial charge in [-0.3, -0.25) is 9.69 Å². The van der Waals surface area contributed by atoms with Crippen molar-refractivity contribution in [2.24, 2.45) is 17.3 Å². The molecule has 1 heterocycles. The quantitative estimate of drug-likeness (QED) is 0.362. The number of fused-ring (bicyclic) bond motifs is 1. The molecule has 0 radical (unpaired) electrons. The number of nitrogens with zero attached hydrogens (tertiary/aromatic N) is 3. The number of carbonyl (C=O) groups is 2. The molecule has 2 aromatic rings. The highest BCUT2D eigenvalue weighted by atomic mass is 35.5. The first-order chi connectivity index (χ1) is 19.1. The summed E-state index contributed by atoms with van der Waals surface area (Å²) in [5, 5.41) is 3.54. The molecule has 2 fully saturated rings. The summed E-state index contributed by atoms with van der Waals surface area (Å²) in [7, 11) is 0. The van der Waals surface area contributed by atoms with E-state index in [1.165, 1.54) is 17.6 Å². The monoisotopic (exact) mass is 562 g/mol. The van der Waals surface area contributed by atoms with Crippen molar-refractivity contribution in [1.82, 2.24) is 14.7 Å². The van der Waals surface area contributed by atoms with Crippen LogP contribution >= 0.6 is 11.6 Å². The van der Waals surface area contributed by atoms with E-state index in [1.807, 2.05) is 40.1 Å². The Bertz CT molecular complexity index is 1250. The van der Waals surface area contributed by atoms with Gasteiger partial charge in [0.1, 0.15) is 0 Å². The predicted octanol–water partition coefficient (Wildman–Crippen LogP) is 6.75. The highest BCUT2D eigenvalue weighted by Gasteiger charge is 2.51. The average Bonchev–Trinajstić information content (AvgIpc) is 2.95. The Labute approximate surface area is 244 Å². The van der Waals surface area contributed by atoms with Crippen molar-refractivity contribution in [3.63, 3.8) is 0 Å². The molecule has 2 atom stereocenters. The first-order valence-electron chi connectivity index (χ1n) is 14.7. The van der Waals surface area contributed by atoms with Crippen LogP contribution in [0.1, 0.15) is 62.4 Å². The topological polar surface area (TPSA) is 55.9 Å². The van der Waals surface area contributed by atoms with Gasteiger partial charge in [-0.05, 0) is 65.8 Å². The fourth-order valence-electron chi connectivity index (χ4n) is 6.52. The minimum atomic E-state index is -0.0573. The lowest BCUT2D eigenvalue weighted by atomic mass is 9.49. The number of nitrogens with one attached hydrogen (secondary N) is 1. The maximum atomic E-state index is 13.7. The van der Waals surface area contributed by atoms with Crippen LogP contribution < -0.4 is 5.32 Å². The Balaban J connectivity index is 1.17. The molecule has 40 heavy (non-hydrogen) atoms. The Morgan fingerprint density at radius 1 is 1.05 bits per heavy atom. The van der Waals surface area contributed by atoms with E-state index in [1.54, 1.807) is 6.07 Å². The average molecular weight is 563 g/mol. The fraction of sp³-hybridized carbons (Fsp3) is 0.515. The summed E-state index contributed by atoms with van der Waals surface area (Å²) in [6.45, 7) is 14.0. The van der Waals surface area contributed by atoms with Crippen LogP contribution in [-0.2, 0) is 0 Å². The van der Waals surface area contributed by atoms with Crippen molar-refractivity contribution in [2.45, 2.75) is 46.5 Å². The van der Waals surface area contributed by atoms with Crippen molar-refractivity contribution < 1.29 is 9.59 Å². The fourth-order valence-corrected chi connectivity index (χ4v) is 6.74. The molecule has 1 aliphatic heterocycles. The molecule has 2 bridgehead atoms. The third-order valence-corrected chi connectivity index (χ3v) is 9.85. The lowest BCUT2D eigenvalue weighted by Crippen LogP contribution is -2.52.